The second-order valence-corrected chi connectivity index (χ2v) is 7.98. The number of nitrogens with one attached hydrogen (secondary N) is 2. The third-order valence-electron chi connectivity index (χ3n) is 5.74. The first kappa shape index (κ1) is 24.6. The van der Waals surface area contributed by atoms with E-state index < -0.39 is 28.5 Å². The van der Waals surface area contributed by atoms with Gasteiger partial charge >= 0.3 is 0 Å². The Kier molecular flexibility index (Phi) is 7.14. The van der Waals surface area contributed by atoms with Crippen molar-refractivity contribution in [2.24, 2.45) is 0 Å². The second-order valence-electron chi connectivity index (χ2n) is 7.98. The lowest BCUT2D eigenvalue weighted by Gasteiger charge is -2.14. The van der Waals surface area contributed by atoms with Crippen LogP contribution < -0.4 is 25.8 Å². The number of nitrogens with zero attached hydrogens (tertiary/aromatic N) is 1. The van der Waals surface area contributed by atoms with Gasteiger partial charge in [0, 0.05) is 24.4 Å². The van der Waals surface area contributed by atoms with E-state index in [1.165, 1.54) is 43.2 Å². The van der Waals surface area contributed by atoms with E-state index in [2.05, 4.69) is 10.3 Å². The molecule has 0 saturated heterocycles. The Labute approximate surface area is 204 Å². The van der Waals surface area contributed by atoms with Crippen molar-refractivity contribution in [2.45, 2.75) is 13.0 Å². The fourth-order valence-electron chi connectivity index (χ4n) is 3.90. The van der Waals surface area contributed by atoms with Crippen LogP contribution in [0.5, 0.6) is 11.5 Å². The first-order chi connectivity index (χ1) is 17.3. The molecule has 0 saturated carbocycles. The predicted octanol–water partition coefficient (Wildman–Crippen LogP) is 3.01. The third-order valence-corrected chi connectivity index (χ3v) is 5.74. The summed E-state index contributed by atoms with van der Waals surface area (Å²) in [6, 6.07) is 11.4. The van der Waals surface area contributed by atoms with Gasteiger partial charge in [-0.25, -0.2) is 8.78 Å². The van der Waals surface area contributed by atoms with Crippen molar-refractivity contribution < 1.29 is 23.0 Å². The zero-order valence-electron chi connectivity index (χ0n) is 19.6. The lowest BCUT2D eigenvalue weighted by Crippen LogP contribution is -2.32. The van der Waals surface area contributed by atoms with Gasteiger partial charge in [0.15, 0.2) is 11.5 Å². The van der Waals surface area contributed by atoms with E-state index in [1.54, 1.807) is 12.1 Å². The molecule has 36 heavy (non-hydrogen) atoms. The molecule has 10 heteroatoms. The Bertz CT molecular complexity index is 1540. The molecule has 2 N–H and O–H groups in total. The standard InChI is InChI=1S/C26H23F2N3O5/c1-35-21-8-6-15(12-22(21)36-2)10-11-29-26(34)17-14-31(13-16-18(27)4-3-5-19(16)28)20-7-9-23(32)30-24(20)25(17)33/h3-9,12,14H,10-11,13H2,1-2H3,(H,29,34)(H,30,32). The van der Waals surface area contributed by atoms with Gasteiger partial charge < -0.3 is 24.3 Å². The molecule has 8 nitrogen and oxygen atoms in total. The minimum Gasteiger partial charge on any atom is -0.493 e. The summed E-state index contributed by atoms with van der Waals surface area (Å²) < 4.78 is 40.4. The van der Waals surface area contributed by atoms with Gasteiger partial charge in [0.1, 0.15) is 22.7 Å². The second kappa shape index (κ2) is 10.4. The number of hydrogen-bond acceptors (Lipinski definition) is 5. The summed E-state index contributed by atoms with van der Waals surface area (Å²) in [6.07, 6.45) is 1.67. The Hall–Kier alpha value is -4.47. The smallest absolute Gasteiger partial charge is 0.256 e. The molecular weight excluding hydrogens is 472 g/mol. The van der Waals surface area contributed by atoms with Crippen molar-refractivity contribution in [3.05, 3.63) is 104 Å². The van der Waals surface area contributed by atoms with Crippen LogP contribution in [0.1, 0.15) is 21.5 Å². The maximum Gasteiger partial charge on any atom is 0.256 e. The molecule has 0 aliphatic rings. The first-order valence-electron chi connectivity index (χ1n) is 11.0. The molecule has 4 aromatic rings. The lowest BCUT2D eigenvalue weighted by atomic mass is 10.1. The molecule has 0 bridgehead atoms. The number of fused-ring (bicyclic) bond motifs is 1. The highest BCUT2D eigenvalue weighted by atomic mass is 19.1. The van der Waals surface area contributed by atoms with Crippen LogP contribution in [0.3, 0.4) is 0 Å². The number of methoxy groups -OCH3 is 2. The Balaban J connectivity index is 1.63. The minimum absolute atomic E-state index is 0.133. The summed E-state index contributed by atoms with van der Waals surface area (Å²) in [5.41, 5.74) is -0.799. The molecular formula is C26H23F2N3O5. The maximum atomic E-state index is 14.3. The van der Waals surface area contributed by atoms with E-state index in [4.69, 9.17) is 9.47 Å². The van der Waals surface area contributed by atoms with E-state index >= 15 is 0 Å². The highest BCUT2D eigenvalue weighted by Crippen LogP contribution is 2.27. The van der Waals surface area contributed by atoms with Crippen LogP contribution in [-0.2, 0) is 13.0 Å². The van der Waals surface area contributed by atoms with E-state index in [9.17, 15) is 23.2 Å². The monoisotopic (exact) mass is 495 g/mol. The van der Waals surface area contributed by atoms with Gasteiger partial charge in [0.05, 0.1) is 26.3 Å². The zero-order chi connectivity index (χ0) is 25.8. The number of hydrogen-bond donors (Lipinski definition) is 2. The molecule has 2 aromatic heterocycles. The van der Waals surface area contributed by atoms with Crippen molar-refractivity contribution in [3.8, 4) is 11.5 Å². The number of amides is 1. The SMILES string of the molecule is COc1ccc(CCNC(=O)c2cn(Cc3c(F)cccc3F)c3ccc(=O)[nH]c3c2=O)cc1OC. The maximum absolute atomic E-state index is 14.3. The molecule has 186 valence electrons. The molecule has 0 atom stereocenters. The average molecular weight is 495 g/mol. The van der Waals surface area contributed by atoms with Gasteiger partial charge in [0.25, 0.3) is 5.91 Å². The molecule has 1 amide bonds. The quantitative estimate of drug-likeness (QED) is 0.391. The van der Waals surface area contributed by atoms with Crippen LogP contribution in [0.25, 0.3) is 11.0 Å². The number of rotatable bonds is 8. The van der Waals surface area contributed by atoms with E-state index in [0.29, 0.717) is 17.9 Å². The largest absolute Gasteiger partial charge is 0.493 e. The van der Waals surface area contributed by atoms with Crippen molar-refractivity contribution >= 4 is 16.9 Å². The molecule has 4 rings (SSSR count). The van der Waals surface area contributed by atoms with Crippen molar-refractivity contribution in [2.75, 3.05) is 20.8 Å². The average Bonchev–Trinajstić information content (AvgIpc) is 2.87. The van der Waals surface area contributed by atoms with Crippen LogP contribution in [0.15, 0.2) is 64.3 Å². The summed E-state index contributed by atoms with van der Waals surface area (Å²) in [7, 11) is 3.05. The molecule has 0 spiro atoms. The summed E-state index contributed by atoms with van der Waals surface area (Å²) in [5, 5.41) is 2.68. The van der Waals surface area contributed by atoms with Crippen LogP contribution in [0.4, 0.5) is 8.78 Å². The fraction of sp³-hybridized carbons (Fsp3) is 0.192. The normalized spacial score (nSPS) is 10.9. The van der Waals surface area contributed by atoms with Crippen LogP contribution in [0.2, 0.25) is 0 Å². The number of carbonyl (C=O) groups excluding carboxylic acids is 1. The van der Waals surface area contributed by atoms with E-state index in [0.717, 1.165) is 17.7 Å². The van der Waals surface area contributed by atoms with Gasteiger partial charge in [-0.15, -0.1) is 0 Å². The van der Waals surface area contributed by atoms with Gasteiger partial charge in [-0.1, -0.05) is 12.1 Å². The van der Waals surface area contributed by atoms with Crippen molar-refractivity contribution in [1.82, 2.24) is 14.9 Å². The molecule has 0 unspecified atom stereocenters. The van der Waals surface area contributed by atoms with E-state index in [-0.39, 0.29) is 35.2 Å². The fourth-order valence-corrected chi connectivity index (χ4v) is 3.90. The molecule has 2 aromatic carbocycles. The molecule has 0 radical (unpaired) electrons. The number of benzene rings is 2. The van der Waals surface area contributed by atoms with Crippen molar-refractivity contribution in [1.29, 1.82) is 0 Å². The first-order valence-corrected chi connectivity index (χ1v) is 11.0. The lowest BCUT2D eigenvalue weighted by molar-refractivity contribution is 0.0952. The van der Waals surface area contributed by atoms with Crippen LogP contribution in [0, 0.1) is 11.6 Å². The van der Waals surface area contributed by atoms with Gasteiger partial charge in [0.2, 0.25) is 11.0 Å². The molecule has 2 heterocycles. The number of aromatic amines is 1. The van der Waals surface area contributed by atoms with E-state index in [1.807, 2.05) is 6.07 Å². The highest BCUT2D eigenvalue weighted by molar-refractivity contribution is 5.96. The summed E-state index contributed by atoms with van der Waals surface area (Å²) >= 11 is 0. The van der Waals surface area contributed by atoms with Crippen LogP contribution >= 0.6 is 0 Å². The summed E-state index contributed by atoms with van der Waals surface area (Å²) in [5.74, 6) is -1.11. The molecule has 0 aliphatic carbocycles. The Morgan fingerprint density at radius 3 is 2.42 bits per heavy atom. The summed E-state index contributed by atoms with van der Waals surface area (Å²) in [6.45, 7) is -0.105. The van der Waals surface area contributed by atoms with Crippen molar-refractivity contribution in [3.63, 3.8) is 0 Å². The van der Waals surface area contributed by atoms with Gasteiger partial charge in [-0.05, 0) is 42.3 Å². The molecule has 0 fully saturated rings. The zero-order valence-corrected chi connectivity index (χ0v) is 19.6. The minimum atomic E-state index is -0.771. The third kappa shape index (κ3) is 4.97. The van der Waals surface area contributed by atoms with Gasteiger partial charge in [-0.3, -0.25) is 14.4 Å². The van der Waals surface area contributed by atoms with Gasteiger partial charge in [-0.2, -0.15) is 0 Å². The number of H-pyrrole nitrogens is 1. The topological polar surface area (TPSA) is 102 Å². The Morgan fingerprint density at radius 1 is 1.00 bits per heavy atom. The number of carbonyl (C=O) groups is 1. The summed E-state index contributed by atoms with van der Waals surface area (Å²) in [4.78, 5) is 40.3. The number of halogens is 2. The number of aromatic nitrogens is 2. The Morgan fingerprint density at radius 2 is 1.72 bits per heavy atom. The predicted molar refractivity (Wildman–Crippen MR) is 130 cm³/mol. The van der Waals surface area contributed by atoms with Crippen LogP contribution in [-0.4, -0.2) is 36.2 Å². The highest BCUT2D eigenvalue weighted by Gasteiger charge is 2.18. The molecule has 0 aliphatic heterocycles. The number of ether oxygens (including phenoxy) is 2. The number of pyridine rings is 2.